The van der Waals surface area contributed by atoms with Crippen molar-refractivity contribution in [2.45, 2.75) is 46.5 Å². The summed E-state index contributed by atoms with van der Waals surface area (Å²) in [6.45, 7) is 7.06. The molecule has 0 aliphatic carbocycles. The van der Waals surface area contributed by atoms with Crippen LogP contribution in [-0.2, 0) is 17.8 Å². The van der Waals surface area contributed by atoms with Gasteiger partial charge >= 0.3 is 6.18 Å². The Morgan fingerprint density at radius 1 is 1.30 bits per heavy atom. The van der Waals surface area contributed by atoms with Crippen molar-refractivity contribution in [3.05, 3.63) is 17.0 Å². The van der Waals surface area contributed by atoms with E-state index in [-0.39, 0.29) is 6.61 Å². The van der Waals surface area contributed by atoms with Gasteiger partial charge in [0, 0.05) is 31.0 Å². The molecular weight excluding hydrogens is 271 g/mol. The van der Waals surface area contributed by atoms with Crippen molar-refractivity contribution in [3.8, 4) is 0 Å². The minimum absolute atomic E-state index is 0.0837. The molecule has 4 nitrogen and oxygen atoms in total. The van der Waals surface area contributed by atoms with E-state index >= 15 is 0 Å². The number of aromatic nitrogens is 2. The molecule has 1 aromatic rings. The zero-order chi connectivity index (χ0) is 15.2. The van der Waals surface area contributed by atoms with Crippen LogP contribution in [0.25, 0.3) is 0 Å². The topological polar surface area (TPSA) is 39.1 Å². The number of ether oxygens (including phenoxy) is 1. The first-order valence-corrected chi connectivity index (χ1v) is 6.73. The van der Waals surface area contributed by atoms with E-state index in [9.17, 15) is 13.2 Å². The van der Waals surface area contributed by atoms with Crippen molar-refractivity contribution in [2.75, 3.05) is 19.8 Å². The van der Waals surface area contributed by atoms with Crippen LogP contribution in [-0.4, -0.2) is 35.7 Å². The van der Waals surface area contributed by atoms with Gasteiger partial charge in [-0.1, -0.05) is 6.92 Å². The molecule has 1 N–H and O–H groups in total. The Morgan fingerprint density at radius 3 is 2.60 bits per heavy atom. The first-order chi connectivity index (χ1) is 9.35. The Balaban J connectivity index is 2.41. The number of nitrogens with zero attached hydrogens (tertiary/aromatic N) is 2. The lowest BCUT2D eigenvalue weighted by Gasteiger charge is -2.08. The quantitative estimate of drug-likeness (QED) is 0.749. The average molecular weight is 293 g/mol. The molecular formula is C13H22F3N3O. The molecule has 0 atom stereocenters. The van der Waals surface area contributed by atoms with Crippen molar-refractivity contribution < 1.29 is 17.9 Å². The Hall–Kier alpha value is -1.08. The van der Waals surface area contributed by atoms with Gasteiger partial charge in [-0.2, -0.15) is 18.3 Å². The lowest BCUT2D eigenvalue weighted by molar-refractivity contribution is -0.174. The Kier molecular flexibility index (Phi) is 6.48. The fraction of sp³-hybridized carbons (Fsp3) is 0.769. The third kappa shape index (κ3) is 5.50. The minimum Gasteiger partial charge on any atom is -0.372 e. The molecule has 0 aromatic carbocycles. The van der Waals surface area contributed by atoms with Gasteiger partial charge in [0.15, 0.2) is 0 Å². The lowest BCUT2D eigenvalue weighted by Crippen LogP contribution is -2.18. The molecule has 0 aliphatic heterocycles. The van der Waals surface area contributed by atoms with Crippen LogP contribution in [0.15, 0.2) is 0 Å². The van der Waals surface area contributed by atoms with Crippen LogP contribution >= 0.6 is 0 Å². The molecule has 0 amide bonds. The molecule has 0 aliphatic rings. The van der Waals surface area contributed by atoms with Crippen LogP contribution in [0.2, 0.25) is 0 Å². The van der Waals surface area contributed by atoms with E-state index in [4.69, 9.17) is 0 Å². The molecule has 1 aromatic heterocycles. The van der Waals surface area contributed by atoms with Crippen LogP contribution in [0.1, 0.15) is 30.3 Å². The third-order valence-electron chi connectivity index (χ3n) is 3.01. The average Bonchev–Trinajstić information content (AvgIpc) is 2.61. The predicted molar refractivity (Wildman–Crippen MR) is 70.6 cm³/mol. The fourth-order valence-corrected chi connectivity index (χ4v) is 1.96. The van der Waals surface area contributed by atoms with Crippen LogP contribution < -0.4 is 5.32 Å². The van der Waals surface area contributed by atoms with E-state index in [1.165, 1.54) is 0 Å². The normalized spacial score (nSPS) is 12.1. The first kappa shape index (κ1) is 17.0. The second kappa shape index (κ2) is 7.64. The number of aryl methyl sites for hydroxylation is 2. The third-order valence-corrected chi connectivity index (χ3v) is 3.01. The zero-order valence-corrected chi connectivity index (χ0v) is 12.2. The molecule has 0 spiro atoms. The highest BCUT2D eigenvalue weighted by molar-refractivity contribution is 5.24. The maximum Gasteiger partial charge on any atom is 0.411 e. The highest BCUT2D eigenvalue weighted by Crippen LogP contribution is 2.15. The van der Waals surface area contributed by atoms with Gasteiger partial charge < -0.3 is 10.1 Å². The standard InChI is InChI=1S/C13H22F3N3O/c1-4-17-8-12-10(2)18-19(11(12)3)6-5-7-20-9-13(14,15)16/h17H,4-9H2,1-3H3. The second-order valence-electron chi connectivity index (χ2n) is 4.67. The maximum absolute atomic E-state index is 11.9. The molecule has 116 valence electrons. The molecule has 0 radical (unpaired) electrons. The number of hydrogen-bond acceptors (Lipinski definition) is 3. The van der Waals surface area contributed by atoms with E-state index in [0.717, 1.165) is 30.0 Å². The fourth-order valence-electron chi connectivity index (χ4n) is 1.96. The summed E-state index contributed by atoms with van der Waals surface area (Å²) in [5.41, 5.74) is 3.17. The summed E-state index contributed by atoms with van der Waals surface area (Å²) in [5.74, 6) is 0. The van der Waals surface area contributed by atoms with Crippen LogP contribution in [0, 0.1) is 13.8 Å². The van der Waals surface area contributed by atoms with Gasteiger partial charge in [0.25, 0.3) is 0 Å². The molecule has 1 rings (SSSR count). The number of hydrogen-bond donors (Lipinski definition) is 1. The molecule has 0 saturated heterocycles. The molecule has 0 bridgehead atoms. The van der Waals surface area contributed by atoms with E-state index in [1.54, 1.807) is 0 Å². The van der Waals surface area contributed by atoms with E-state index in [1.807, 2.05) is 25.5 Å². The molecule has 20 heavy (non-hydrogen) atoms. The zero-order valence-electron chi connectivity index (χ0n) is 12.2. The maximum atomic E-state index is 11.9. The summed E-state index contributed by atoms with van der Waals surface area (Å²) in [6.07, 6.45) is -3.74. The van der Waals surface area contributed by atoms with Crippen molar-refractivity contribution in [1.29, 1.82) is 0 Å². The highest BCUT2D eigenvalue weighted by Gasteiger charge is 2.27. The number of rotatable bonds is 8. The highest BCUT2D eigenvalue weighted by atomic mass is 19.4. The Bertz CT molecular complexity index is 416. The minimum atomic E-state index is -4.25. The number of halogens is 3. The summed E-state index contributed by atoms with van der Waals surface area (Å²) >= 11 is 0. The van der Waals surface area contributed by atoms with Gasteiger partial charge in [-0.25, -0.2) is 0 Å². The summed E-state index contributed by atoms with van der Waals surface area (Å²) in [4.78, 5) is 0. The molecule has 0 unspecified atom stereocenters. The van der Waals surface area contributed by atoms with Crippen molar-refractivity contribution >= 4 is 0 Å². The molecule has 1 heterocycles. The van der Waals surface area contributed by atoms with Gasteiger partial charge in [-0.05, 0) is 26.8 Å². The van der Waals surface area contributed by atoms with Crippen molar-refractivity contribution in [3.63, 3.8) is 0 Å². The number of nitrogens with one attached hydrogen (secondary N) is 1. The van der Waals surface area contributed by atoms with Crippen molar-refractivity contribution in [1.82, 2.24) is 15.1 Å². The van der Waals surface area contributed by atoms with Gasteiger partial charge in [-0.15, -0.1) is 0 Å². The Morgan fingerprint density at radius 2 is 2.00 bits per heavy atom. The smallest absolute Gasteiger partial charge is 0.372 e. The van der Waals surface area contributed by atoms with Gasteiger partial charge in [-0.3, -0.25) is 4.68 Å². The first-order valence-electron chi connectivity index (χ1n) is 6.73. The van der Waals surface area contributed by atoms with Crippen LogP contribution in [0.3, 0.4) is 0 Å². The monoisotopic (exact) mass is 293 g/mol. The van der Waals surface area contributed by atoms with Crippen LogP contribution in [0.4, 0.5) is 13.2 Å². The summed E-state index contributed by atoms with van der Waals surface area (Å²) < 4.78 is 42.1. The largest absolute Gasteiger partial charge is 0.411 e. The van der Waals surface area contributed by atoms with E-state index in [2.05, 4.69) is 15.2 Å². The SMILES string of the molecule is CCNCc1c(C)nn(CCCOCC(F)(F)F)c1C. The lowest BCUT2D eigenvalue weighted by atomic mass is 10.2. The van der Waals surface area contributed by atoms with Gasteiger partial charge in [0.2, 0.25) is 0 Å². The van der Waals surface area contributed by atoms with E-state index < -0.39 is 12.8 Å². The van der Waals surface area contributed by atoms with Gasteiger partial charge in [0.1, 0.15) is 6.61 Å². The van der Waals surface area contributed by atoms with E-state index in [0.29, 0.717) is 13.0 Å². The summed E-state index contributed by atoms with van der Waals surface area (Å²) in [6, 6.07) is 0. The van der Waals surface area contributed by atoms with Crippen LogP contribution in [0.5, 0.6) is 0 Å². The van der Waals surface area contributed by atoms with Gasteiger partial charge in [0.05, 0.1) is 5.69 Å². The summed E-state index contributed by atoms with van der Waals surface area (Å²) in [7, 11) is 0. The second-order valence-corrected chi connectivity index (χ2v) is 4.67. The number of alkyl halides is 3. The Labute approximate surface area is 117 Å². The molecule has 0 saturated carbocycles. The summed E-state index contributed by atoms with van der Waals surface area (Å²) in [5, 5.41) is 7.66. The molecule has 7 heteroatoms. The molecule has 0 fully saturated rings. The van der Waals surface area contributed by atoms with Crippen molar-refractivity contribution in [2.24, 2.45) is 0 Å². The predicted octanol–water partition coefficient (Wildman–Crippen LogP) is 2.58.